The number of likely N-dealkylation sites (N-methyl/N-ethyl adjacent to an activating group) is 1. The fourth-order valence-electron chi connectivity index (χ4n) is 5.41. The zero-order valence-electron chi connectivity index (χ0n) is 23.1. The first kappa shape index (κ1) is 26.5. The minimum absolute atomic E-state index is 0.215. The molecule has 0 radical (unpaired) electrons. The maximum absolute atomic E-state index is 13.6. The molecule has 2 N–H and O–H groups in total. The van der Waals surface area contributed by atoms with E-state index in [0.29, 0.717) is 52.7 Å². The van der Waals surface area contributed by atoms with E-state index in [1.807, 2.05) is 31.2 Å². The number of nitrogens with one attached hydrogen (secondary N) is 2. The Morgan fingerprint density at radius 2 is 1.83 bits per heavy atom. The van der Waals surface area contributed by atoms with Crippen molar-refractivity contribution in [2.45, 2.75) is 44.2 Å². The highest BCUT2D eigenvalue weighted by Crippen LogP contribution is 2.48. The standard InChI is InChI=1S/C31H29FN4O5/c1-16-13-25(39-4)23(28(37)35-31(11-12-31)30-34-17(2)36-41-30)15-21(16)19-7-10-24-22(14-19)26(29(38)33-3)27(40-24)18-5-8-20(32)9-6-18/h5-10,13-15,26-27H,11-12H2,1-4H3,(H,33,38)(H,35,37). The first-order chi connectivity index (χ1) is 19.7. The number of ether oxygens (including phenoxy) is 2. The zero-order chi connectivity index (χ0) is 28.9. The van der Waals surface area contributed by atoms with Gasteiger partial charge in [0, 0.05) is 12.6 Å². The Morgan fingerprint density at radius 3 is 2.46 bits per heavy atom. The highest BCUT2D eigenvalue weighted by atomic mass is 19.1. The van der Waals surface area contributed by atoms with Crippen molar-refractivity contribution in [1.29, 1.82) is 0 Å². The van der Waals surface area contributed by atoms with Gasteiger partial charge in [0.15, 0.2) is 5.82 Å². The SMILES string of the molecule is CNC(=O)C1c2cc(-c3cc(C(=O)NC4(c5nc(C)no5)CC4)c(OC)cc3C)ccc2OC1c1ccc(F)cc1. The molecular weight excluding hydrogens is 527 g/mol. The summed E-state index contributed by atoms with van der Waals surface area (Å²) in [5, 5.41) is 9.67. The lowest BCUT2D eigenvalue weighted by Crippen LogP contribution is -2.35. The van der Waals surface area contributed by atoms with Gasteiger partial charge in [-0.3, -0.25) is 9.59 Å². The molecule has 3 aromatic carbocycles. The van der Waals surface area contributed by atoms with Gasteiger partial charge in [-0.2, -0.15) is 4.98 Å². The first-order valence-corrected chi connectivity index (χ1v) is 13.3. The van der Waals surface area contributed by atoms with E-state index >= 15 is 0 Å². The Labute approximate surface area is 236 Å². The molecule has 2 heterocycles. The molecule has 4 aromatic rings. The molecule has 210 valence electrons. The lowest BCUT2D eigenvalue weighted by Gasteiger charge is -2.19. The fraction of sp³-hybridized carbons (Fsp3) is 0.290. The van der Waals surface area contributed by atoms with Crippen molar-refractivity contribution in [3.63, 3.8) is 0 Å². The third-order valence-corrected chi connectivity index (χ3v) is 7.77. The number of amides is 2. The molecule has 2 amide bonds. The molecule has 0 bridgehead atoms. The topological polar surface area (TPSA) is 116 Å². The number of benzene rings is 3. The van der Waals surface area contributed by atoms with Crippen LogP contribution in [0.1, 0.15) is 63.6 Å². The van der Waals surface area contributed by atoms with Gasteiger partial charge < -0.3 is 24.6 Å². The number of hydrogen-bond donors (Lipinski definition) is 2. The highest BCUT2D eigenvalue weighted by molar-refractivity contribution is 5.99. The maximum atomic E-state index is 13.6. The van der Waals surface area contributed by atoms with Crippen LogP contribution >= 0.6 is 0 Å². The number of aromatic nitrogens is 2. The third-order valence-electron chi connectivity index (χ3n) is 7.77. The lowest BCUT2D eigenvalue weighted by atomic mass is 9.88. The highest BCUT2D eigenvalue weighted by Gasteiger charge is 2.51. The van der Waals surface area contributed by atoms with Crippen LogP contribution in [0.2, 0.25) is 0 Å². The van der Waals surface area contributed by atoms with E-state index in [-0.39, 0.29) is 17.6 Å². The number of carbonyl (C=O) groups excluding carboxylic acids is 2. The summed E-state index contributed by atoms with van der Waals surface area (Å²) in [6.07, 6.45) is 0.784. The number of carbonyl (C=O) groups is 2. The number of halogens is 1. The largest absolute Gasteiger partial charge is 0.496 e. The molecule has 1 aliphatic heterocycles. The predicted molar refractivity (Wildman–Crippen MR) is 147 cm³/mol. The van der Waals surface area contributed by atoms with Crippen LogP contribution in [0.5, 0.6) is 11.5 Å². The quantitative estimate of drug-likeness (QED) is 0.333. The van der Waals surface area contributed by atoms with Gasteiger partial charge >= 0.3 is 0 Å². The summed E-state index contributed by atoms with van der Waals surface area (Å²) >= 11 is 0. The molecule has 1 saturated carbocycles. The zero-order valence-corrected chi connectivity index (χ0v) is 23.1. The van der Waals surface area contributed by atoms with E-state index in [1.54, 1.807) is 32.2 Å². The normalized spacial score (nSPS) is 18.3. The van der Waals surface area contributed by atoms with Crippen molar-refractivity contribution < 1.29 is 28.0 Å². The summed E-state index contributed by atoms with van der Waals surface area (Å²) in [5.41, 5.74) is 3.58. The molecular formula is C31H29FN4O5. The monoisotopic (exact) mass is 556 g/mol. The number of rotatable bonds is 7. The van der Waals surface area contributed by atoms with Gasteiger partial charge in [-0.05, 0) is 85.3 Å². The van der Waals surface area contributed by atoms with Gasteiger partial charge in [-0.25, -0.2) is 4.39 Å². The van der Waals surface area contributed by atoms with Crippen LogP contribution in [-0.4, -0.2) is 36.1 Å². The fourth-order valence-corrected chi connectivity index (χ4v) is 5.41. The third kappa shape index (κ3) is 4.69. The summed E-state index contributed by atoms with van der Waals surface area (Å²) in [7, 11) is 3.10. The summed E-state index contributed by atoms with van der Waals surface area (Å²) in [6, 6.07) is 15.2. The minimum atomic E-state index is -0.685. The van der Waals surface area contributed by atoms with Gasteiger partial charge in [0.2, 0.25) is 5.91 Å². The summed E-state index contributed by atoms with van der Waals surface area (Å²) in [6.45, 7) is 3.67. The van der Waals surface area contributed by atoms with Crippen LogP contribution in [0.15, 0.2) is 59.1 Å². The molecule has 0 spiro atoms. The number of fused-ring (bicyclic) bond motifs is 1. The van der Waals surface area contributed by atoms with E-state index in [4.69, 9.17) is 14.0 Å². The Morgan fingerprint density at radius 1 is 1.07 bits per heavy atom. The Kier molecular flexibility index (Phi) is 6.48. The van der Waals surface area contributed by atoms with Crippen molar-refractivity contribution >= 4 is 11.8 Å². The second-order valence-electron chi connectivity index (χ2n) is 10.5. The summed E-state index contributed by atoms with van der Waals surface area (Å²) < 4.78 is 30.7. The van der Waals surface area contributed by atoms with Crippen molar-refractivity contribution in [2.24, 2.45) is 0 Å². The van der Waals surface area contributed by atoms with Crippen molar-refractivity contribution in [3.8, 4) is 22.6 Å². The number of hydrogen-bond acceptors (Lipinski definition) is 7. The lowest BCUT2D eigenvalue weighted by molar-refractivity contribution is -0.123. The molecule has 2 atom stereocenters. The molecule has 41 heavy (non-hydrogen) atoms. The van der Waals surface area contributed by atoms with Crippen LogP contribution in [0.4, 0.5) is 4.39 Å². The number of methoxy groups -OCH3 is 1. The van der Waals surface area contributed by atoms with Gasteiger partial charge in [-0.1, -0.05) is 23.4 Å². The van der Waals surface area contributed by atoms with E-state index in [2.05, 4.69) is 20.8 Å². The molecule has 9 nitrogen and oxygen atoms in total. The minimum Gasteiger partial charge on any atom is -0.496 e. The predicted octanol–water partition coefficient (Wildman–Crippen LogP) is 4.88. The smallest absolute Gasteiger partial charge is 0.255 e. The molecule has 0 saturated heterocycles. The average molecular weight is 557 g/mol. The molecule has 6 rings (SSSR count). The van der Waals surface area contributed by atoms with E-state index < -0.39 is 17.6 Å². The van der Waals surface area contributed by atoms with Gasteiger partial charge in [0.25, 0.3) is 11.8 Å². The van der Waals surface area contributed by atoms with Crippen molar-refractivity contribution in [1.82, 2.24) is 20.8 Å². The Bertz CT molecular complexity index is 1660. The Hall–Kier alpha value is -4.73. The second kappa shape index (κ2) is 10.0. The molecule has 1 fully saturated rings. The molecule has 1 aromatic heterocycles. The van der Waals surface area contributed by atoms with Crippen molar-refractivity contribution in [2.75, 3.05) is 14.2 Å². The average Bonchev–Trinajstić information content (AvgIpc) is 3.44. The molecule has 2 unspecified atom stereocenters. The van der Waals surface area contributed by atoms with Gasteiger partial charge in [0.1, 0.15) is 34.9 Å². The van der Waals surface area contributed by atoms with Crippen LogP contribution < -0.4 is 20.1 Å². The van der Waals surface area contributed by atoms with Gasteiger partial charge in [0.05, 0.1) is 12.7 Å². The molecule has 1 aliphatic carbocycles. The molecule has 2 aliphatic rings. The van der Waals surface area contributed by atoms with Crippen LogP contribution in [-0.2, 0) is 10.3 Å². The molecule has 10 heteroatoms. The van der Waals surface area contributed by atoms with E-state index in [1.165, 1.54) is 19.2 Å². The Balaban J connectivity index is 1.36. The summed E-state index contributed by atoms with van der Waals surface area (Å²) in [5.74, 6) is 0.370. The van der Waals surface area contributed by atoms with Crippen LogP contribution in [0.3, 0.4) is 0 Å². The van der Waals surface area contributed by atoms with Gasteiger partial charge in [-0.15, -0.1) is 0 Å². The summed E-state index contributed by atoms with van der Waals surface area (Å²) in [4.78, 5) is 31.0. The maximum Gasteiger partial charge on any atom is 0.255 e. The van der Waals surface area contributed by atoms with Crippen LogP contribution in [0, 0.1) is 19.7 Å². The van der Waals surface area contributed by atoms with Crippen LogP contribution in [0.25, 0.3) is 11.1 Å². The van der Waals surface area contributed by atoms with E-state index in [0.717, 1.165) is 16.7 Å². The number of aryl methyl sites for hydroxylation is 2. The first-order valence-electron chi connectivity index (χ1n) is 13.3. The second-order valence-corrected chi connectivity index (χ2v) is 10.5. The van der Waals surface area contributed by atoms with E-state index in [9.17, 15) is 14.0 Å². The number of nitrogens with zero attached hydrogens (tertiary/aromatic N) is 2. The van der Waals surface area contributed by atoms with Crippen molar-refractivity contribution in [3.05, 3.63) is 94.4 Å².